The molecule has 0 radical (unpaired) electrons. The molecule has 5 nitrogen and oxygen atoms in total. The highest BCUT2D eigenvalue weighted by molar-refractivity contribution is 5.05. The second kappa shape index (κ2) is 3.18. The lowest BCUT2D eigenvalue weighted by Gasteiger charge is -2.22. The first kappa shape index (κ1) is 9.36. The largest absolute Gasteiger partial charge is 0.395 e. The Bertz CT molecular complexity index is 199. The molecule has 2 heterocycles. The quantitative estimate of drug-likeness (QED) is 0.367. The molecule has 0 saturated carbocycles. The van der Waals surface area contributed by atoms with E-state index >= 15 is 0 Å². The third kappa shape index (κ3) is 1.28. The molecular weight excluding hydrogens is 174 g/mol. The summed E-state index contributed by atoms with van der Waals surface area (Å²) >= 11 is 0. The van der Waals surface area contributed by atoms with Crippen LogP contribution in [0.2, 0.25) is 0 Å². The molecule has 0 aliphatic carbocycles. The number of aliphatic hydroxyl groups is 4. The third-order valence-electron chi connectivity index (χ3n) is 3.11. The normalized spacial score (nSPS) is 51.2. The lowest BCUT2D eigenvalue weighted by molar-refractivity contribution is 0.00859. The zero-order chi connectivity index (χ0) is 9.59. The van der Waals surface area contributed by atoms with Crippen molar-refractivity contribution in [1.29, 1.82) is 0 Å². The highest BCUT2D eigenvalue weighted by atomic mass is 16.3. The van der Waals surface area contributed by atoms with Crippen LogP contribution in [-0.2, 0) is 0 Å². The molecule has 4 N–H and O–H groups in total. The van der Waals surface area contributed by atoms with Gasteiger partial charge in [0.05, 0.1) is 31.0 Å². The van der Waals surface area contributed by atoms with Gasteiger partial charge in [0.15, 0.2) is 0 Å². The SMILES string of the molecule is OC[C@@H]1[C@@H](O)[C@H](O)[C@H]2C[C@@H](O)CN12. The Balaban J connectivity index is 2.15. The molecule has 2 aliphatic rings. The summed E-state index contributed by atoms with van der Waals surface area (Å²) in [6.45, 7) is 0.255. The van der Waals surface area contributed by atoms with Crippen LogP contribution in [0.1, 0.15) is 6.42 Å². The van der Waals surface area contributed by atoms with Crippen molar-refractivity contribution in [2.75, 3.05) is 13.2 Å². The van der Waals surface area contributed by atoms with Crippen LogP contribution in [0.15, 0.2) is 0 Å². The summed E-state index contributed by atoms with van der Waals surface area (Å²) < 4.78 is 0. The minimum absolute atomic E-state index is 0.179. The van der Waals surface area contributed by atoms with Gasteiger partial charge < -0.3 is 20.4 Å². The Hall–Kier alpha value is -0.200. The maximum Gasteiger partial charge on any atom is 0.0991 e. The van der Waals surface area contributed by atoms with Gasteiger partial charge in [-0.3, -0.25) is 4.90 Å². The van der Waals surface area contributed by atoms with E-state index in [4.69, 9.17) is 5.11 Å². The summed E-state index contributed by atoms with van der Waals surface area (Å²) in [4.78, 5) is 1.79. The smallest absolute Gasteiger partial charge is 0.0991 e. The van der Waals surface area contributed by atoms with Crippen molar-refractivity contribution in [2.24, 2.45) is 0 Å². The summed E-state index contributed by atoms with van der Waals surface area (Å²) in [6.07, 6.45) is -1.69. The summed E-state index contributed by atoms with van der Waals surface area (Å²) in [5, 5.41) is 37.4. The van der Waals surface area contributed by atoms with Gasteiger partial charge in [-0.05, 0) is 6.42 Å². The van der Waals surface area contributed by atoms with Crippen molar-refractivity contribution in [3.63, 3.8) is 0 Å². The molecular formula is C8H15NO4. The van der Waals surface area contributed by atoms with Crippen LogP contribution in [0.25, 0.3) is 0 Å². The number of hydrogen-bond donors (Lipinski definition) is 4. The van der Waals surface area contributed by atoms with Crippen LogP contribution in [0, 0.1) is 0 Å². The fraction of sp³-hybridized carbons (Fsp3) is 1.00. The van der Waals surface area contributed by atoms with Gasteiger partial charge in [0, 0.05) is 12.6 Å². The molecule has 0 aromatic carbocycles. The average molecular weight is 189 g/mol. The minimum atomic E-state index is -0.887. The summed E-state index contributed by atoms with van der Waals surface area (Å²) in [5.41, 5.74) is 0. The van der Waals surface area contributed by atoms with Crippen LogP contribution in [0.4, 0.5) is 0 Å². The van der Waals surface area contributed by atoms with Crippen molar-refractivity contribution >= 4 is 0 Å². The van der Waals surface area contributed by atoms with E-state index in [1.54, 1.807) is 4.90 Å². The predicted octanol–water partition coefficient (Wildman–Crippen LogP) is -2.48. The van der Waals surface area contributed by atoms with E-state index in [1.165, 1.54) is 0 Å². The molecule has 13 heavy (non-hydrogen) atoms. The second-order valence-electron chi connectivity index (χ2n) is 3.88. The summed E-state index contributed by atoms with van der Waals surface area (Å²) in [7, 11) is 0. The van der Waals surface area contributed by atoms with Crippen molar-refractivity contribution in [2.45, 2.75) is 36.8 Å². The lowest BCUT2D eigenvalue weighted by Crippen LogP contribution is -2.40. The fourth-order valence-corrected chi connectivity index (χ4v) is 2.45. The number of hydrogen-bond acceptors (Lipinski definition) is 5. The highest BCUT2D eigenvalue weighted by Crippen LogP contribution is 2.32. The maximum absolute atomic E-state index is 9.57. The molecule has 2 saturated heterocycles. The molecule has 0 unspecified atom stereocenters. The molecule has 5 atom stereocenters. The molecule has 2 fully saturated rings. The fourth-order valence-electron chi connectivity index (χ4n) is 2.45. The first-order valence-electron chi connectivity index (χ1n) is 4.56. The average Bonchev–Trinajstić information content (AvgIpc) is 2.54. The highest BCUT2D eigenvalue weighted by Gasteiger charge is 2.51. The predicted molar refractivity (Wildman–Crippen MR) is 44.0 cm³/mol. The van der Waals surface area contributed by atoms with Crippen molar-refractivity contribution in [3.8, 4) is 0 Å². The van der Waals surface area contributed by atoms with Crippen LogP contribution in [-0.4, -0.2) is 68.9 Å². The zero-order valence-corrected chi connectivity index (χ0v) is 7.24. The Morgan fingerprint density at radius 1 is 1.15 bits per heavy atom. The minimum Gasteiger partial charge on any atom is -0.395 e. The first-order chi connectivity index (χ1) is 6.15. The number of rotatable bonds is 1. The van der Waals surface area contributed by atoms with Crippen molar-refractivity contribution in [3.05, 3.63) is 0 Å². The van der Waals surface area contributed by atoms with Gasteiger partial charge in [-0.25, -0.2) is 0 Å². The number of fused-ring (bicyclic) bond motifs is 1. The van der Waals surface area contributed by atoms with E-state index in [0.29, 0.717) is 13.0 Å². The molecule has 0 aromatic heterocycles. The topological polar surface area (TPSA) is 84.2 Å². The van der Waals surface area contributed by atoms with E-state index in [2.05, 4.69) is 0 Å². The molecule has 2 aliphatic heterocycles. The molecule has 76 valence electrons. The summed E-state index contributed by atoms with van der Waals surface area (Å²) in [5.74, 6) is 0. The van der Waals surface area contributed by atoms with Gasteiger partial charge in [-0.15, -0.1) is 0 Å². The Morgan fingerprint density at radius 2 is 1.85 bits per heavy atom. The van der Waals surface area contributed by atoms with Gasteiger partial charge in [0.25, 0.3) is 0 Å². The van der Waals surface area contributed by atoms with Crippen molar-refractivity contribution in [1.82, 2.24) is 4.90 Å². The van der Waals surface area contributed by atoms with Gasteiger partial charge in [0.2, 0.25) is 0 Å². The van der Waals surface area contributed by atoms with E-state index in [1.807, 2.05) is 0 Å². The number of aliphatic hydroxyl groups excluding tert-OH is 4. The van der Waals surface area contributed by atoms with Crippen LogP contribution >= 0.6 is 0 Å². The molecule has 0 aromatic rings. The zero-order valence-electron chi connectivity index (χ0n) is 7.24. The Labute approximate surface area is 76.2 Å². The monoisotopic (exact) mass is 189 g/mol. The van der Waals surface area contributed by atoms with Crippen LogP contribution in [0.5, 0.6) is 0 Å². The maximum atomic E-state index is 9.57. The third-order valence-corrected chi connectivity index (χ3v) is 3.11. The van der Waals surface area contributed by atoms with E-state index in [-0.39, 0.29) is 12.6 Å². The van der Waals surface area contributed by atoms with E-state index in [9.17, 15) is 15.3 Å². The Morgan fingerprint density at radius 3 is 2.46 bits per heavy atom. The molecule has 0 spiro atoms. The van der Waals surface area contributed by atoms with E-state index in [0.717, 1.165) is 0 Å². The molecule has 0 amide bonds. The van der Waals surface area contributed by atoms with Gasteiger partial charge >= 0.3 is 0 Å². The van der Waals surface area contributed by atoms with Crippen LogP contribution in [0.3, 0.4) is 0 Å². The van der Waals surface area contributed by atoms with Crippen molar-refractivity contribution < 1.29 is 20.4 Å². The standard InChI is InChI=1S/C8H15NO4/c10-3-6-8(13)7(12)5-1-4(11)2-9(5)6/h4-8,10-13H,1-3H2/t4-,5-,6-,7-,8-/m1/s1. The number of nitrogens with zero attached hydrogens (tertiary/aromatic N) is 1. The molecule has 2 rings (SSSR count). The Kier molecular flexibility index (Phi) is 2.29. The van der Waals surface area contributed by atoms with Gasteiger partial charge in [-0.1, -0.05) is 0 Å². The first-order valence-corrected chi connectivity index (χ1v) is 4.56. The van der Waals surface area contributed by atoms with Gasteiger partial charge in [0.1, 0.15) is 0 Å². The van der Waals surface area contributed by atoms with Gasteiger partial charge in [-0.2, -0.15) is 0 Å². The van der Waals surface area contributed by atoms with E-state index < -0.39 is 24.4 Å². The molecule has 5 heteroatoms. The molecule has 0 bridgehead atoms. The summed E-state index contributed by atoms with van der Waals surface area (Å²) in [6, 6.07) is -0.612. The lowest BCUT2D eigenvalue weighted by atomic mass is 10.0. The second-order valence-corrected chi connectivity index (χ2v) is 3.88. The van der Waals surface area contributed by atoms with Crippen LogP contribution < -0.4 is 0 Å².